The standard InChI is InChI=1S/C20H22N4O/c25-19-17-7-4-10-21-18(17)22-20(23-19)11-15-8-9-16(12-20)24(15)13-14-5-2-1-3-6-14/h1-7,10,15-16H,8-9,11-13H2,(H,21,22)(H,23,25). The maximum absolute atomic E-state index is 12.6. The van der Waals surface area contributed by atoms with Crippen LogP contribution in [0.2, 0.25) is 0 Å². The second-order valence-corrected chi connectivity index (χ2v) is 7.51. The van der Waals surface area contributed by atoms with E-state index in [1.54, 1.807) is 6.20 Å². The summed E-state index contributed by atoms with van der Waals surface area (Å²) in [5.41, 5.74) is 1.66. The van der Waals surface area contributed by atoms with Gasteiger partial charge in [-0.25, -0.2) is 4.98 Å². The van der Waals surface area contributed by atoms with Crippen LogP contribution < -0.4 is 10.6 Å². The predicted molar refractivity (Wildman–Crippen MR) is 96.1 cm³/mol. The average Bonchev–Trinajstić information content (AvgIpc) is 2.87. The number of fused-ring (bicyclic) bond motifs is 3. The summed E-state index contributed by atoms with van der Waals surface area (Å²) in [6.45, 7) is 0.995. The zero-order valence-electron chi connectivity index (χ0n) is 14.1. The molecule has 128 valence electrons. The van der Waals surface area contributed by atoms with Gasteiger partial charge in [0.15, 0.2) is 0 Å². The minimum Gasteiger partial charge on any atom is -0.347 e. The molecule has 2 atom stereocenters. The third-order valence-corrected chi connectivity index (χ3v) is 5.91. The lowest BCUT2D eigenvalue weighted by Crippen LogP contribution is -2.65. The van der Waals surface area contributed by atoms with E-state index in [4.69, 9.17) is 0 Å². The number of aromatic nitrogens is 1. The number of amides is 1. The Labute approximate surface area is 147 Å². The van der Waals surface area contributed by atoms with Gasteiger partial charge in [0.25, 0.3) is 5.91 Å². The molecule has 0 radical (unpaired) electrons. The third kappa shape index (κ3) is 2.50. The Morgan fingerprint density at radius 2 is 1.80 bits per heavy atom. The molecular formula is C20H22N4O. The smallest absolute Gasteiger partial charge is 0.256 e. The molecule has 0 saturated carbocycles. The fourth-order valence-corrected chi connectivity index (χ4v) is 4.83. The number of nitrogens with one attached hydrogen (secondary N) is 2. The molecule has 2 N–H and O–H groups in total. The van der Waals surface area contributed by atoms with Crippen molar-refractivity contribution in [3.63, 3.8) is 0 Å². The Kier molecular flexibility index (Phi) is 3.31. The summed E-state index contributed by atoms with van der Waals surface area (Å²) in [6.07, 6.45) is 6.01. The Morgan fingerprint density at radius 1 is 1.04 bits per heavy atom. The first kappa shape index (κ1) is 14.9. The molecule has 25 heavy (non-hydrogen) atoms. The highest BCUT2D eigenvalue weighted by Crippen LogP contribution is 2.43. The van der Waals surface area contributed by atoms with E-state index in [2.05, 4.69) is 50.8 Å². The highest BCUT2D eigenvalue weighted by molar-refractivity contribution is 6.01. The lowest BCUT2D eigenvalue weighted by Gasteiger charge is -2.49. The van der Waals surface area contributed by atoms with E-state index >= 15 is 0 Å². The number of pyridine rings is 1. The number of anilines is 1. The Balaban J connectivity index is 1.39. The molecule has 4 heterocycles. The van der Waals surface area contributed by atoms with E-state index in [-0.39, 0.29) is 11.6 Å². The molecule has 1 aromatic heterocycles. The van der Waals surface area contributed by atoms with Crippen molar-refractivity contribution in [2.24, 2.45) is 0 Å². The van der Waals surface area contributed by atoms with E-state index in [1.807, 2.05) is 12.1 Å². The van der Waals surface area contributed by atoms with Gasteiger partial charge < -0.3 is 10.6 Å². The van der Waals surface area contributed by atoms with Gasteiger partial charge in [-0.1, -0.05) is 30.3 Å². The van der Waals surface area contributed by atoms with Crippen molar-refractivity contribution in [1.29, 1.82) is 0 Å². The van der Waals surface area contributed by atoms with E-state index in [9.17, 15) is 4.79 Å². The fourth-order valence-electron chi connectivity index (χ4n) is 4.83. The summed E-state index contributed by atoms with van der Waals surface area (Å²) in [5, 5.41) is 6.81. The van der Waals surface area contributed by atoms with Crippen LogP contribution >= 0.6 is 0 Å². The molecule has 2 unspecified atom stereocenters. The van der Waals surface area contributed by atoms with Crippen molar-refractivity contribution in [3.8, 4) is 0 Å². The second-order valence-electron chi connectivity index (χ2n) is 7.51. The van der Waals surface area contributed by atoms with Gasteiger partial charge in [-0.3, -0.25) is 9.69 Å². The molecule has 1 aromatic carbocycles. The molecule has 0 aliphatic carbocycles. The Morgan fingerprint density at radius 3 is 2.56 bits per heavy atom. The van der Waals surface area contributed by atoms with Crippen LogP contribution in [0.15, 0.2) is 48.7 Å². The molecule has 2 fully saturated rings. The molecule has 5 nitrogen and oxygen atoms in total. The molecule has 3 aliphatic heterocycles. The topological polar surface area (TPSA) is 57.3 Å². The number of nitrogens with zero attached hydrogens (tertiary/aromatic N) is 2. The lowest BCUT2D eigenvalue weighted by atomic mass is 9.88. The minimum absolute atomic E-state index is 0.00207. The number of carbonyl (C=O) groups excluding carboxylic acids is 1. The highest BCUT2D eigenvalue weighted by Gasteiger charge is 2.50. The van der Waals surface area contributed by atoms with E-state index in [0.29, 0.717) is 17.6 Å². The zero-order chi connectivity index (χ0) is 16.9. The largest absolute Gasteiger partial charge is 0.347 e. The van der Waals surface area contributed by atoms with Gasteiger partial charge in [-0.15, -0.1) is 0 Å². The van der Waals surface area contributed by atoms with Gasteiger partial charge in [0, 0.05) is 37.7 Å². The summed E-state index contributed by atoms with van der Waals surface area (Å²) in [4.78, 5) is 19.6. The molecular weight excluding hydrogens is 312 g/mol. The van der Waals surface area contributed by atoms with Gasteiger partial charge >= 0.3 is 0 Å². The van der Waals surface area contributed by atoms with Crippen molar-refractivity contribution in [2.45, 2.75) is 50.0 Å². The van der Waals surface area contributed by atoms with E-state index in [1.165, 1.54) is 18.4 Å². The monoisotopic (exact) mass is 334 g/mol. The molecule has 2 bridgehead atoms. The normalized spacial score (nSPS) is 30.6. The summed E-state index contributed by atoms with van der Waals surface area (Å²) in [5.74, 6) is 0.722. The summed E-state index contributed by atoms with van der Waals surface area (Å²) in [7, 11) is 0. The van der Waals surface area contributed by atoms with Crippen LogP contribution in [-0.4, -0.2) is 33.5 Å². The molecule has 5 heteroatoms. The average molecular weight is 334 g/mol. The molecule has 1 spiro atoms. The molecule has 1 amide bonds. The molecule has 5 rings (SSSR count). The van der Waals surface area contributed by atoms with Crippen molar-refractivity contribution < 1.29 is 4.79 Å². The Bertz CT molecular complexity index is 792. The number of piperidine rings is 1. The van der Waals surface area contributed by atoms with Crippen LogP contribution in [0.25, 0.3) is 0 Å². The maximum atomic E-state index is 12.6. The lowest BCUT2D eigenvalue weighted by molar-refractivity contribution is 0.0607. The number of benzene rings is 1. The van der Waals surface area contributed by atoms with Crippen LogP contribution in [0.4, 0.5) is 5.82 Å². The van der Waals surface area contributed by atoms with Gasteiger partial charge in [-0.2, -0.15) is 0 Å². The fraction of sp³-hybridized carbons (Fsp3) is 0.400. The first-order valence-electron chi connectivity index (χ1n) is 9.08. The summed E-state index contributed by atoms with van der Waals surface area (Å²) < 4.78 is 0. The maximum Gasteiger partial charge on any atom is 0.256 e. The zero-order valence-corrected chi connectivity index (χ0v) is 14.1. The summed E-state index contributed by atoms with van der Waals surface area (Å²) >= 11 is 0. The number of hydrogen-bond donors (Lipinski definition) is 2. The predicted octanol–water partition coefficient (Wildman–Crippen LogP) is 2.76. The first-order valence-corrected chi connectivity index (χ1v) is 9.08. The van der Waals surface area contributed by atoms with E-state index < -0.39 is 0 Å². The highest BCUT2D eigenvalue weighted by atomic mass is 16.2. The first-order chi connectivity index (χ1) is 12.2. The molecule has 2 saturated heterocycles. The van der Waals surface area contributed by atoms with Gasteiger partial charge in [0.1, 0.15) is 11.5 Å². The van der Waals surface area contributed by atoms with Crippen LogP contribution in [0.3, 0.4) is 0 Å². The Hall–Kier alpha value is -2.40. The van der Waals surface area contributed by atoms with Crippen LogP contribution in [-0.2, 0) is 6.54 Å². The summed E-state index contributed by atoms with van der Waals surface area (Å²) in [6, 6.07) is 15.3. The third-order valence-electron chi connectivity index (χ3n) is 5.91. The number of hydrogen-bond acceptors (Lipinski definition) is 4. The van der Waals surface area contributed by atoms with Crippen LogP contribution in [0.1, 0.15) is 41.6 Å². The molecule has 2 aromatic rings. The van der Waals surface area contributed by atoms with E-state index in [0.717, 1.165) is 25.2 Å². The SMILES string of the molecule is O=C1NC2(CC3CCC(C2)N3Cc2ccccc2)Nc2ncccc21. The quantitative estimate of drug-likeness (QED) is 0.887. The van der Waals surface area contributed by atoms with Crippen molar-refractivity contribution in [2.75, 3.05) is 5.32 Å². The van der Waals surface area contributed by atoms with Crippen molar-refractivity contribution >= 4 is 11.7 Å². The van der Waals surface area contributed by atoms with Crippen LogP contribution in [0.5, 0.6) is 0 Å². The van der Waals surface area contributed by atoms with Crippen LogP contribution in [0, 0.1) is 0 Å². The second kappa shape index (κ2) is 5.56. The van der Waals surface area contributed by atoms with Gasteiger partial charge in [0.2, 0.25) is 0 Å². The van der Waals surface area contributed by atoms with Crippen molar-refractivity contribution in [1.82, 2.24) is 15.2 Å². The van der Waals surface area contributed by atoms with Gasteiger partial charge in [-0.05, 0) is 30.5 Å². The minimum atomic E-state index is -0.350. The molecule has 3 aliphatic rings. The number of carbonyl (C=O) groups is 1. The number of rotatable bonds is 2. The van der Waals surface area contributed by atoms with Crippen molar-refractivity contribution in [3.05, 3.63) is 59.8 Å². The van der Waals surface area contributed by atoms with Gasteiger partial charge in [0.05, 0.1) is 5.56 Å².